The molecule has 0 atom stereocenters. The maximum Gasteiger partial charge on any atom is 0.358 e. The Balaban J connectivity index is 2.96. The number of nitrogens with zero attached hydrogens (tertiary/aromatic N) is 3. The molecule has 0 saturated heterocycles. The average molecular weight is 173 g/mol. The van der Waals surface area contributed by atoms with Crippen LogP contribution in [0.3, 0.4) is 0 Å². The van der Waals surface area contributed by atoms with E-state index in [2.05, 4.69) is 10.3 Å². The van der Waals surface area contributed by atoms with Crippen molar-refractivity contribution in [2.24, 2.45) is 0 Å². The molecule has 0 fully saturated rings. The van der Waals surface area contributed by atoms with Crippen LogP contribution in [-0.4, -0.2) is 32.7 Å². The van der Waals surface area contributed by atoms with Crippen LogP contribution < -0.4 is 0 Å². The molecule has 12 heavy (non-hydrogen) atoms. The molecular weight excluding hydrogens is 165 g/mol. The van der Waals surface area contributed by atoms with Gasteiger partial charge in [0.25, 0.3) is 0 Å². The number of carbonyl (C=O) groups is 1. The molecule has 5 nitrogen and oxygen atoms in total. The molecule has 0 amide bonds. The fourth-order valence-corrected chi connectivity index (χ4v) is 0.850. The van der Waals surface area contributed by atoms with Crippen molar-refractivity contribution >= 4 is 5.97 Å². The zero-order valence-electron chi connectivity index (χ0n) is 6.49. The first-order valence-corrected chi connectivity index (χ1v) is 3.36. The van der Waals surface area contributed by atoms with Gasteiger partial charge in [0.2, 0.25) is 0 Å². The SMILES string of the molecule is Cc1c(C(=O)O)nnn1CCF. The van der Waals surface area contributed by atoms with Crippen molar-refractivity contribution in [3.05, 3.63) is 11.4 Å². The molecular formula is C6H8FN3O2. The molecule has 0 unspecified atom stereocenters. The summed E-state index contributed by atoms with van der Waals surface area (Å²) in [4.78, 5) is 10.4. The van der Waals surface area contributed by atoms with Crippen molar-refractivity contribution in [2.45, 2.75) is 13.5 Å². The third kappa shape index (κ3) is 1.41. The van der Waals surface area contributed by atoms with Crippen LogP contribution in [0.4, 0.5) is 4.39 Å². The molecule has 0 aliphatic carbocycles. The lowest BCUT2D eigenvalue weighted by atomic mass is 10.3. The summed E-state index contributed by atoms with van der Waals surface area (Å²) in [5.74, 6) is -1.14. The van der Waals surface area contributed by atoms with Crippen LogP contribution >= 0.6 is 0 Å². The number of aryl methyl sites for hydroxylation is 1. The van der Waals surface area contributed by atoms with E-state index >= 15 is 0 Å². The molecule has 1 aromatic heterocycles. The maximum absolute atomic E-state index is 11.8. The Kier molecular flexibility index (Phi) is 2.37. The lowest BCUT2D eigenvalue weighted by Crippen LogP contribution is -2.05. The Labute approximate surface area is 67.8 Å². The predicted molar refractivity (Wildman–Crippen MR) is 37.7 cm³/mol. The first-order chi connectivity index (χ1) is 5.66. The van der Waals surface area contributed by atoms with E-state index < -0.39 is 12.6 Å². The summed E-state index contributed by atoms with van der Waals surface area (Å²) in [6.07, 6.45) is 0. The Morgan fingerprint density at radius 2 is 2.42 bits per heavy atom. The van der Waals surface area contributed by atoms with Crippen molar-refractivity contribution in [1.82, 2.24) is 15.0 Å². The first-order valence-electron chi connectivity index (χ1n) is 3.36. The van der Waals surface area contributed by atoms with Gasteiger partial charge in [0.1, 0.15) is 6.67 Å². The summed E-state index contributed by atoms with van der Waals surface area (Å²) in [5.41, 5.74) is 0.253. The molecule has 6 heteroatoms. The van der Waals surface area contributed by atoms with Crippen molar-refractivity contribution in [3.8, 4) is 0 Å². The molecule has 0 aliphatic rings. The lowest BCUT2D eigenvalue weighted by molar-refractivity contribution is 0.0689. The van der Waals surface area contributed by atoms with Gasteiger partial charge >= 0.3 is 5.97 Å². The van der Waals surface area contributed by atoms with Crippen molar-refractivity contribution < 1.29 is 14.3 Å². The summed E-state index contributed by atoms with van der Waals surface area (Å²) in [6, 6.07) is 0. The van der Waals surface area contributed by atoms with Crippen molar-refractivity contribution in [3.63, 3.8) is 0 Å². The summed E-state index contributed by atoms with van der Waals surface area (Å²) in [5, 5.41) is 15.4. The first kappa shape index (κ1) is 8.63. The molecule has 0 saturated carbocycles. The summed E-state index contributed by atoms with van der Waals surface area (Å²) in [6.45, 7) is 1.01. The molecule has 0 aliphatic heterocycles. The molecule has 0 bridgehead atoms. The third-order valence-electron chi connectivity index (χ3n) is 1.48. The Hall–Kier alpha value is -1.46. The molecule has 0 spiro atoms. The molecule has 1 aromatic rings. The minimum atomic E-state index is -1.14. The normalized spacial score (nSPS) is 10.2. The van der Waals surface area contributed by atoms with Crippen LogP contribution in [0.1, 0.15) is 16.2 Å². The number of hydrogen-bond donors (Lipinski definition) is 1. The van der Waals surface area contributed by atoms with E-state index in [1.165, 1.54) is 4.68 Å². The molecule has 1 N–H and O–H groups in total. The fraction of sp³-hybridized carbons (Fsp3) is 0.500. The summed E-state index contributed by atoms with van der Waals surface area (Å²) < 4.78 is 13.1. The van der Waals surface area contributed by atoms with E-state index in [9.17, 15) is 9.18 Å². The Morgan fingerprint density at radius 1 is 1.75 bits per heavy atom. The highest BCUT2D eigenvalue weighted by molar-refractivity contribution is 5.86. The van der Waals surface area contributed by atoms with Gasteiger partial charge in [-0.05, 0) is 6.92 Å². The molecule has 0 aromatic carbocycles. The number of carboxylic acid groups (broad SMARTS) is 1. The van der Waals surface area contributed by atoms with E-state index in [1.54, 1.807) is 6.92 Å². The second-order valence-electron chi connectivity index (χ2n) is 2.24. The standard InChI is InChI=1S/C6H8FN3O2/c1-4-5(6(11)12)8-9-10(4)3-2-7/h2-3H2,1H3,(H,11,12). The predicted octanol–water partition coefficient (Wildman–Crippen LogP) is 0.254. The maximum atomic E-state index is 11.8. The van der Waals surface area contributed by atoms with Crippen LogP contribution in [0.2, 0.25) is 0 Å². The summed E-state index contributed by atoms with van der Waals surface area (Å²) >= 11 is 0. The van der Waals surface area contributed by atoms with Gasteiger partial charge in [-0.3, -0.25) is 0 Å². The quantitative estimate of drug-likeness (QED) is 0.711. The van der Waals surface area contributed by atoms with Crippen LogP contribution in [0.5, 0.6) is 0 Å². The molecule has 0 radical (unpaired) electrons. The molecule has 1 heterocycles. The van der Waals surface area contributed by atoms with E-state index in [0.717, 1.165) is 0 Å². The van der Waals surface area contributed by atoms with Crippen LogP contribution in [0.25, 0.3) is 0 Å². The van der Waals surface area contributed by atoms with Gasteiger partial charge < -0.3 is 5.11 Å². The van der Waals surface area contributed by atoms with Gasteiger partial charge in [-0.1, -0.05) is 5.21 Å². The van der Waals surface area contributed by atoms with E-state index in [1.807, 2.05) is 0 Å². The number of alkyl halides is 1. The van der Waals surface area contributed by atoms with E-state index in [4.69, 9.17) is 5.11 Å². The van der Waals surface area contributed by atoms with Gasteiger partial charge in [0.15, 0.2) is 5.69 Å². The van der Waals surface area contributed by atoms with Gasteiger partial charge in [0, 0.05) is 0 Å². The number of rotatable bonds is 3. The van der Waals surface area contributed by atoms with Crippen LogP contribution in [-0.2, 0) is 6.54 Å². The van der Waals surface area contributed by atoms with Gasteiger partial charge in [0.05, 0.1) is 12.2 Å². The van der Waals surface area contributed by atoms with E-state index in [0.29, 0.717) is 5.69 Å². The number of hydrogen-bond acceptors (Lipinski definition) is 3. The highest BCUT2D eigenvalue weighted by Gasteiger charge is 2.14. The zero-order chi connectivity index (χ0) is 9.14. The van der Waals surface area contributed by atoms with Gasteiger partial charge in [-0.2, -0.15) is 0 Å². The lowest BCUT2D eigenvalue weighted by Gasteiger charge is -1.96. The topological polar surface area (TPSA) is 68.0 Å². The molecule has 66 valence electrons. The second kappa shape index (κ2) is 3.29. The minimum Gasteiger partial charge on any atom is -0.476 e. The highest BCUT2D eigenvalue weighted by atomic mass is 19.1. The van der Waals surface area contributed by atoms with Crippen molar-refractivity contribution in [2.75, 3.05) is 6.67 Å². The van der Waals surface area contributed by atoms with E-state index in [-0.39, 0.29) is 12.2 Å². The van der Waals surface area contributed by atoms with Crippen molar-refractivity contribution in [1.29, 1.82) is 0 Å². The fourth-order valence-electron chi connectivity index (χ4n) is 0.850. The summed E-state index contributed by atoms with van der Waals surface area (Å²) in [7, 11) is 0. The second-order valence-corrected chi connectivity index (χ2v) is 2.24. The minimum absolute atomic E-state index is 0.0477. The zero-order valence-corrected chi connectivity index (χ0v) is 6.49. The monoisotopic (exact) mass is 173 g/mol. The molecule has 1 rings (SSSR count). The number of aromatic nitrogens is 3. The third-order valence-corrected chi connectivity index (χ3v) is 1.48. The Bertz CT molecular complexity index is 297. The number of carboxylic acids is 1. The largest absolute Gasteiger partial charge is 0.476 e. The van der Waals surface area contributed by atoms with Gasteiger partial charge in [-0.15, -0.1) is 5.10 Å². The highest BCUT2D eigenvalue weighted by Crippen LogP contribution is 2.02. The average Bonchev–Trinajstić information content (AvgIpc) is 2.34. The van der Waals surface area contributed by atoms with Crippen LogP contribution in [0, 0.1) is 6.92 Å². The number of aromatic carboxylic acids is 1. The Morgan fingerprint density at radius 3 is 2.83 bits per heavy atom. The van der Waals surface area contributed by atoms with Crippen LogP contribution in [0.15, 0.2) is 0 Å². The smallest absolute Gasteiger partial charge is 0.358 e. The number of halogens is 1. The van der Waals surface area contributed by atoms with Gasteiger partial charge in [-0.25, -0.2) is 13.9 Å².